The summed E-state index contributed by atoms with van der Waals surface area (Å²) in [5, 5.41) is 9.14. The molecule has 55 heavy (non-hydrogen) atoms. The third-order valence-electron chi connectivity index (χ3n) is 10.7. The van der Waals surface area contributed by atoms with Crippen LogP contribution in [-0.2, 0) is 0 Å². The smallest absolute Gasteiger partial charge is 0.164 e. The van der Waals surface area contributed by atoms with E-state index in [4.69, 9.17) is 19.4 Å². The first-order valence-corrected chi connectivity index (χ1v) is 18.5. The number of benzene rings is 9. The molecule has 4 nitrogen and oxygen atoms in total. The lowest BCUT2D eigenvalue weighted by Gasteiger charge is -2.11. The van der Waals surface area contributed by atoms with Crippen LogP contribution in [-0.4, -0.2) is 15.0 Å². The highest BCUT2D eigenvalue weighted by Crippen LogP contribution is 2.41. The number of fused-ring (bicyclic) bond motifs is 7. The van der Waals surface area contributed by atoms with Gasteiger partial charge in [-0.05, 0) is 73.3 Å². The van der Waals surface area contributed by atoms with E-state index < -0.39 is 0 Å². The Kier molecular flexibility index (Phi) is 7.14. The number of para-hydroxylation sites is 1. The van der Waals surface area contributed by atoms with Crippen molar-refractivity contribution < 1.29 is 4.42 Å². The quantitative estimate of drug-likeness (QED) is 0.168. The Bertz CT molecular complexity index is 3260. The van der Waals surface area contributed by atoms with Gasteiger partial charge >= 0.3 is 0 Å². The predicted octanol–water partition coefficient (Wildman–Crippen LogP) is 13.6. The summed E-state index contributed by atoms with van der Waals surface area (Å²) in [5.41, 5.74) is 8.94. The predicted molar refractivity (Wildman–Crippen MR) is 227 cm³/mol. The summed E-state index contributed by atoms with van der Waals surface area (Å²) in [6.07, 6.45) is 0. The number of rotatable bonds is 5. The zero-order valence-electron chi connectivity index (χ0n) is 29.6. The standard InChI is InChI=1S/C51H31N3O/c1-3-11-32(12-4-1)37-24-22-34-23-26-38-30-40(27-28-41(38)45(34)31-37)50-52-49(35-14-5-2-6-15-35)53-51(54-50)44-19-10-20-46-47(44)43-18-9-17-42(48(43)55-46)39-25-21-33-13-7-8-16-36(33)29-39/h1-31H. The normalized spacial score (nSPS) is 11.6. The van der Waals surface area contributed by atoms with Crippen LogP contribution in [0.25, 0.3) is 111 Å². The van der Waals surface area contributed by atoms with Crippen LogP contribution >= 0.6 is 0 Å². The number of aromatic nitrogens is 3. The molecule has 0 aliphatic rings. The first kappa shape index (κ1) is 31.1. The zero-order valence-corrected chi connectivity index (χ0v) is 29.6. The van der Waals surface area contributed by atoms with Gasteiger partial charge in [-0.25, -0.2) is 15.0 Å². The fraction of sp³-hybridized carbons (Fsp3) is 0. The molecule has 0 saturated heterocycles. The van der Waals surface area contributed by atoms with Crippen LogP contribution in [0.15, 0.2) is 192 Å². The minimum atomic E-state index is 0.597. The molecule has 2 heterocycles. The van der Waals surface area contributed by atoms with Gasteiger partial charge in [0.15, 0.2) is 17.5 Å². The molecule has 0 unspecified atom stereocenters. The van der Waals surface area contributed by atoms with E-state index in [2.05, 4.69) is 146 Å². The van der Waals surface area contributed by atoms with E-state index in [0.717, 1.165) is 55.1 Å². The average Bonchev–Trinajstić information content (AvgIpc) is 3.65. The molecule has 0 amide bonds. The molecule has 0 aliphatic heterocycles. The fourth-order valence-electron chi connectivity index (χ4n) is 7.97. The van der Waals surface area contributed by atoms with Crippen LogP contribution in [0.3, 0.4) is 0 Å². The van der Waals surface area contributed by atoms with E-state index in [1.54, 1.807) is 0 Å². The average molecular weight is 702 g/mol. The monoisotopic (exact) mass is 701 g/mol. The Hall–Kier alpha value is -7.43. The van der Waals surface area contributed by atoms with Crippen molar-refractivity contribution in [3.63, 3.8) is 0 Å². The Morgan fingerprint density at radius 3 is 1.78 bits per heavy atom. The number of hydrogen-bond donors (Lipinski definition) is 0. The van der Waals surface area contributed by atoms with E-state index >= 15 is 0 Å². The van der Waals surface area contributed by atoms with Crippen molar-refractivity contribution in [3.05, 3.63) is 188 Å². The summed E-state index contributed by atoms with van der Waals surface area (Å²) in [6, 6.07) is 65.8. The summed E-state index contributed by atoms with van der Waals surface area (Å²) in [6.45, 7) is 0. The molecule has 11 rings (SSSR count). The second-order valence-corrected chi connectivity index (χ2v) is 14.0. The maximum Gasteiger partial charge on any atom is 0.164 e. The van der Waals surface area contributed by atoms with Crippen molar-refractivity contribution in [3.8, 4) is 56.4 Å². The summed E-state index contributed by atoms with van der Waals surface area (Å²) in [5.74, 6) is 1.83. The van der Waals surface area contributed by atoms with E-state index in [1.807, 2.05) is 42.5 Å². The molecule has 0 saturated carbocycles. The number of furan rings is 1. The van der Waals surface area contributed by atoms with E-state index in [9.17, 15) is 0 Å². The third kappa shape index (κ3) is 5.34. The summed E-state index contributed by atoms with van der Waals surface area (Å²) in [7, 11) is 0. The van der Waals surface area contributed by atoms with Gasteiger partial charge in [-0.2, -0.15) is 0 Å². The van der Waals surface area contributed by atoms with E-state index in [-0.39, 0.29) is 0 Å². The second kappa shape index (κ2) is 12.6. The lowest BCUT2D eigenvalue weighted by atomic mass is 9.96. The highest BCUT2D eigenvalue weighted by Gasteiger charge is 2.20. The molecule has 0 bridgehead atoms. The van der Waals surface area contributed by atoms with Gasteiger partial charge < -0.3 is 4.42 Å². The molecule has 0 spiro atoms. The molecule has 0 radical (unpaired) electrons. The van der Waals surface area contributed by atoms with Crippen molar-refractivity contribution >= 4 is 54.3 Å². The topological polar surface area (TPSA) is 51.8 Å². The first-order chi connectivity index (χ1) is 27.2. The first-order valence-electron chi connectivity index (χ1n) is 18.5. The second-order valence-electron chi connectivity index (χ2n) is 14.0. The van der Waals surface area contributed by atoms with Gasteiger partial charge in [0.25, 0.3) is 0 Å². The van der Waals surface area contributed by atoms with Crippen LogP contribution in [0, 0.1) is 0 Å². The summed E-state index contributed by atoms with van der Waals surface area (Å²) < 4.78 is 6.69. The van der Waals surface area contributed by atoms with E-state index in [0.29, 0.717) is 17.5 Å². The SMILES string of the molecule is c1ccc(-c2ccc3ccc4cc(-c5nc(-c6ccccc6)nc(-c6cccc7oc8c(-c9ccc%10ccccc%10c9)cccc8c67)n5)ccc4c3c2)cc1. The summed E-state index contributed by atoms with van der Waals surface area (Å²) >= 11 is 0. The Labute approximate surface area is 317 Å². The molecule has 4 heteroatoms. The Morgan fingerprint density at radius 1 is 0.309 bits per heavy atom. The van der Waals surface area contributed by atoms with E-state index in [1.165, 1.54) is 38.1 Å². The van der Waals surface area contributed by atoms with Crippen LogP contribution in [0.4, 0.5) is 0 Å². The van der Waals surface area contributed by atoms with Gasteiger partial charge in [0.1, 0.15) is 11.2 Å². The highest BCUT2D eigenvalue weighted by atomic mass is 16.3. The van der Waals surface area contributed by atoms with Crippen molar-refractivity contribution in [1.29, 1.82) is 0 Å². The molecule has 11 aromatic rings. The molecule has 2 aromatic heterocycles. The van der Waals surface area contributed by atoms with Crippen molar-refractivity contribution in [2.75, 3.05) is 0 Å². The highest BCUT2D eigenvalue weighted by molar-refractivity contribution is 6.15. The minimum absolute atomic E-state index is 0.597. The number of hydrogen-bond acceptors (Lipinski definition) is 4. The van der Waals surface area contributed by atoms with Crippen LogP contribution in [0.5, 0.6) is 0 Å². The maximum atomic E-state index is 6.69. The Morgan fingerprint density at radius 2 is 0.927 bits per heavy atom. The van der Waals surface area contributed by atoms with Gasteiger partial charge in [-0.1, -0.05) is 164 Å². The zero-order chi connectivity index (χ0) is 36.3. The lowest BCUT2D eigenvalue weighted by molar-refractivity contribution is 0.670. The van der Waals surface area contributed by atoms with Crippen molar-refractivity contribution in [2.24, 2.45) is 0 Å². The number of nitrogens with zero attached hydrogens (tertiary/aromatic N) is 3. The van der Waals surface area contributed by atoms with Gasteiger partial charge in [0.2, 0.25) is 0 Å². The minimum Gasteiger partial charge on any atom is -0.455 e. The molecule has 0 fully saturated rings. The summed E-state index contributed by atoms with van der Waals surface area (Å²) in [4.78, 5) is 15.4. The lowest BCUT2D eigenvalue weighted by Crippen LogP contribution is -2.00. The molecular weight excluding hydrogens is 671 g/mol. The third-order valence-corrected chi connectivity index (χ3v) is 10.7. The van der Waals surface area contributed by atoms with Gasteiger partial charge in [0.05, 0.1) is 0 Å². The van der Waals surface area contributed by atoms with Gasteiger partial charge in [-0.3, -0.25) is 0 Å². The molecule has 0 aliphatic carbocycles. The molecule has 256 valence electrons. The largest absolute Gasteiger partial charge is 0.455 e. The molecule has 0 atom stereocenters. The van der Waals surface area contributed by atoms with Gasteiger partial charge in [-0.15, -0.1) is 0 Å². The molecule has 9 aromatic carbocycles. The Balaban J connectivity index is 1.08. The van der Waals surface area contributed by atoms with Crippen LogP contribution in [0.2, 0.25) is 0 Å². The van der Waals surface area contributed by atoms with Crippen molar-refractivity contribution in [2.45, 2.75) is 0 Å². The van der Waals surface area contributed by atoms with Crippen LogP contribution < -0.4 is 0 Å². The molecular formula is C51H31N3O. The van der Waals surface area contributed by atoms with Crippen molar-refractivity contribution in [1.82, 2.24) is 15.0 Å². The fourth-order valence-corrected chi connectivity index (χ4v) is 7.97. The maximum absolute atomic E-state index is 6.69. The van der Waals surface area contributed by atoms with Gasteiger partial charge in [0, 0.05) is 33.0 Å². The van der Waals surface area contributed by atoms with Crippen LogP contribution in [0.1, 0.15) is 0 Å². The molecule has 0 N–H and O–H groups in total.